The van der Waals surface area contributed by atoms with Crippen molar-refractivity contribution >= 4 is 11.7 Å². The first-order chi connectivity index (χ1) is 9.34. The third kappa shape index (κ3) is 2.73. The number of amides is 2. The van der Waals surface area contributed by atoms with Crippen LogP contribution < -0.4 is 10.2 Å². The van der Waals surface area contributed by atoms with E-state index in [4.69, 9.17) is 4.74 Å². The standard InChI is InChI=1S/C15H20N2O2/c18-15(16-10-12-7-9-19-11-12)17-8-3-5-13-4-1-2-6-14(13)17/h1-2,4,6,12H,3,5,7-11H2,(H,16,18). The van der Waals surface area contributed by atoms with Crippen LogP contribution >= 0.6 is 0 Å². The lowest BCUT2D eigenvalue weighted by molar-refractivity contribution is 0.185. The quantitative estimate of drug-likeness (QED) is 0.885. The van der Waals surface area contributed by atoms with E-state index in [9.17, 15) is 4.79 Å². The molecular weight excluding hydrogens is 240 g/mol. The van der Waals surface area contributed by atoms with Crippen molar-refractivity contribution in [3.05, 3.63) is 29.8 Å². The van der Waals surface area contributed by atoms with Crippen molar-refractivity contribution in [2.75, 3.05) is 31.2 Å². The number of para-hydroxylation sites is 1. The first-order valence-electron chi connectivity index (χ1n) is 7.05. The van der Waals surface area contributed by atoms with Gasteiger partial charge in [0, 0.05) is 31.3 Å². The molecule has 3 rings (SSSR count). The second-order valence-corrected chi connectivity index (χ2v) is 5.30. The van der Waals surface area contributed by atoms with E-state index in [-0.39, 0.29) is 6.03 Å². The molecular formula is C15H20N2O2. The molecule has 0 saturated carbocycles. The number of nitrogens with zero attached hydrogens (tertiary/aromatic N) is 1. The van der Waals surface area contributed by atoms with Crippen molar-refractivity contribution in [3.8, 4) is 0 Å². The minimum Gasteiger partial charge on any atom is -0.381 e. The van der Waals surface area contributed by atoms with Crippen molar-refractivity contribution in [2.45, 2.75) is 19.3 Å². The Morgan fingerprint density at radius 1 is 1.42 bits per heavy atom. The van der Waals surface area contributed by atoms with Gasteiger partial charge in [0.2, 0.25) is 0 Å². The van der Waals surface area contributed by atoms with Gasteiger partial charge in [0.15, 0.2) is 0 Å². The highest BCUT2D eigenvalue weighted by Gasteiger charge is 2.23. The monoisotopic (exact) mass is 260 g/mol. The van der Waals surface area contributed by atoms with Crippen molar-refractivity contribution in [1.29, 1.82) is 0 Å². The first kappa shape index (κ1) is 12.5. The van der Waals surface area contributed by atoms with Crippen LogP contribution in [0.5, 0.6) is 0 Å². The lowest BCUT2D eigenvalue weighted by Gasteiger charge is -2.29. The summed E-state index contributed by atoms with van der Waals surface area (Å²) in [5.74, 6) is 0.476. The topological polar surface area (TPSA) is 41.6 Å². The maximum absolute atomic E-state index is 12.3. The van der Waals surface area contributed by atoms with E-state index < -0.39 is 0 Å². The zero-order valence-electron chi connectivity index (χ0n) is 11.1. The fourth-order valence-electron chi connectivity index (χ4n) is 2.82. The summed E-state index contributed by atoms with van der Waals surface area (Å²) in [6, 6.07) is 8.21. The molecule has 4 nitrogen and oxygen atoms in total. The Bertz CT molecular complexity index is 455. The van der Waals surface area contributed by atoms with Crippen LogP contribution in [0.2, 0.25) is 0 Å². The predicted molar refractivity (Wildman–Crippen MR) is 74.4 cm³/mol. The largest absolute Gasteiger partial charge is 0.381 e. The van der Waals surface area contributed by atoms with E-state index in [0.29, 0.717) is 5.92 Å². The lowest BCUT2D eigenvalue weighted by atomic mass is 10.0. The second-order valence-electron chi connectivity index (χ2n) is 5.30. The number of nitrogens with one attached hydrogen (secondary N) is 1. The van der Waals surface area contributed by atoms with Crippen LogP contribution in [-0.2, 0) is 11.2 Å². The number of carbonyl (C=O) groups is 1. The summed E-state index contributed by atoms with van der Waals surface area (Å²) in [7, 11) is 0. The van der Waals surface area contributed by atoms with Gasteiger partial charge in [0.1, 0.15) is 0 Å². The Balaban J connectivity index is 1.64. The molecule has 0 radical (unpaired) electrons. The molecule has 0 aromatic heterocycles. The SMILES string of the molecule is O=C(NCC1CCOC1)N1CCCc2ccccc21. The van der Waals surface area contributed by atoms with E-state index in [2.05, 4.69) is 11.4 Å². The van der Waals surface area contributed by atoms with Crippen molar-refractivity contribution in [3.63, 3.8) is 0 Å². The fourth-order valence-corrected chi connectivity index (χ4v) is 2.82. The predicted octanol–water partition coefficient (Wildman–Crippen LogP) is 2.19. The maximum atomic E-state index is 12.3. The minimum absolute atomic E-state index is 0.0269. The van der Waals surface area contributed by atoms with E-state index in [0.717, 1.165) is 51.3 Å². The van der Waals surface area contributed by atoms with E-state index in [1.54, 1.807) is 0 Å². The molecule has 0 spiro atoms. The molecule has 1 aromatic carbocycles. The summed E-state index contributed by atoms with van der Waals surface area (Å²) in [4.78, 5) is 14.2. The fraction of sp³-hybridized carbons (Fsp3) is 0.533. The summed E-state index contributed by atoms with van der Waals surface area (Å²) < 4.78 is 5.33. The smallest absolute Gasteiger partial charge is 0.321 e. The highest BCUT2D eigenvalue weighted by molar-refractivity contribution is 5.93. The van der Waals surface area contributed by atoms with E-state index in [1.165, 1.54) is 5.56 Å². The highest BCUT2D eigenvalue weighted by atomic mass is 16.5. The summed E-state index contributed by atoms with van der Waals surface area (Å²) in [6.07, 6.45) is 3.16. The van der Waals surface area contributed by atoms with Crippen LogP contribution in [0.3, 0.4) is 0 Å². The van der Waals surface area contributed by atoms with Crippen molar-refractivity contribution in [2.24, 2.45) is 5.92 Å². The zero-order valence-corrected chi connectivity index (χ0v) is 11.1. The summed E-state index contributed by atoms with van der Waals surface area (Å²) >= 11 is 0. The van der Waals surface area contributed by atoms with Gasteiger partial charge in [-0.2, -0.15) is 0 Å². The summed E-state index contributed by atoms with van der Waals surface area (Å²) in [6.45, 7) is 3.13. The molecule has 19 heavy (non-hydrogen) atoms. The molecule has 2 aliphatic rings. The number of rotatable bonds is 2. The molecule has 1 saturated heterocycles. The molecule has 1 fully saturated rings. The third-order valence-corrected chi connectivity index (χ3v) is 3.92. The average Bonchev–Trinajstić information content (AvgIpc) is 2.97. The zero-order chi connectivity index (χ0) is 13.1. The Morgan fingerprint density at radius 3 is 3.16 bits per heavy atom. The second kappa shape index (κ2) is 5.61. The average molecular weight is 260 g/mol. The van der Waals surface area contributed by atoms with E-state index >= 15 is 0 Å². The van der Waals surface area contributed by atoms with Gasteiger partial charge in [-0.05, 0) is 30.9 Å². The van der Waals surface area contributed by atoms with Crippen molar-refractivity contribution < 1.29 is 9.53 Å². The van der Waals surface area contributed by atoms with Gasteiger partial charge in [-0.3, -0.25) is 4.90 Å². The molecule has 102 valence electrons. The number of fused-ring (bicyclic) bond motifs is 1. The van der Waals surface area contributed by atoms with Gasteiger partial charge < -0.3 is 10.1 Å². The number of anilines is 1. The summed E-state index contributed by atoms with van der Waals surface area (Å²) in [5, 5.41) is 3.04. The van der Waals surface area contributed by atoms with Crippen LogP contribution in [0.1, 0.15) is 18.4 Å². The number of ether oxygens (including phenoxy) is 1. The Hall–Kier alpha value is -1.55. The van der Waals surface area contributed by atoms with Crippen molar-refractivity contribution in [1.82, 2.24) is 5.32 Å². The van der Waals surface area contributed by atoms with Gasteiger partial charge in [0.25, 0.3) is 0 Å². The van der Waals surface area contributed by atoms with Gasteiger partial charge in [-0.15, -0.1) is 0 Å². The number of hydrogen-bond donors (Lipinski definition) is 1. The molecule has 0 aliphatic carbocycles. The Morgan fingerprint density at radius 2 is 2.32 bits per heavy atom. The van der Waals surface area contributed by atoms with E-state index in [1.807, 2.05) is 23.1 Å². The number of hydrogen-bond acceptors (Lipinski definition) is 2. The molecule has 1 aromatic rings. The van der Waals surface area contributed by atoms with Crippen LogP contribution in [0.15, 0.2) is 24.3 Å². The first-order valence-corrected chi connectivity index (χ1v) is 7.05. The molecule has 4 heteroatoms. The maximum Gasteiger partial charge on any atom is 0.321 e. The van der Waals surface area contributed by atoms with Crippen LogP contribution in [-0.4, -0.2) is 32.3 Å². The Labute approximate surface area is 113 Å². The van der Waals surface area contributed by atoms with Crippen LogP contribution in [0.25, 0.3) is 0 Å². The lowest BCUT2D eigenvalue weighted by Crippen LogP contribution is -2.44. The molecule has 1 N–H and O–H groups in total. The molecule has 2 amide bonds. The minimum atomic E-state index is 0.0269. The number of urea groups is 1. The van der Waals surface area contributed by atoms with Gasteiger partial charge in [-0.25, -0.2) is 4.79 Å². The van der Waals surface area contributed by atoms with Crippen LogP contribution in [0.4, 0.5) is 10.5 Å². The van der Waals surface area contributed by atoms with Gasteiger partial charge in [-0.1, -0.05) is 18.2 Å². The highest BCUT2D eigenvalue weighted by Crippen LogP contribution is 2.26. The molecule has 2 heterocycles. The number of carbonyl (C=O) groups excluding carboxylic acids is 1. The van der Waals surface area contributed by atoms with Crippen LogP contribution in [0, 0.1) is 5.92 Å². The number of aryl methyl sites for hydroxylation is 1. The number of benzene rings is 1. The normalized spacial score (nSPS) is 22.1. The molecule has 0 bridgehead atoms. The third-order valence-electron chi connectivity index (χ3n) is 3.92. The van der Waals surface area contributed by atoms with Gasteiger partial charge >= 0.3 is 6.03 Å². The molecule has 1 unspecified atom stereocenters. The summed E-state index contributed by atoms with van der Waals surface area (Å²) in [5.41, 5.74) is 2.34. The Kier molecular flexibility index (Phi) is 3.69. The molecule has 1 atom stereocenters. The van der Waals surface area contributed by atoms with Gasteiger partial charge in [0.05, 0.1) is 6.61 Å². The molecule has 2 aliphatic heterocycles.